The third-order valence-electron chi connectivity index (χ3n) is 7.00. The third-order valence-corrected chi connectivity index (χ3v) is 7.00. The smallest absolute Gasteiger partial charge is 0.231 e. The first-order valence-electron chi connectivity index (χ1n) is 12.3. The van der Waals surface area contributed by atoms with E-state index in [1.165, 1.54) is 11.1 Å². The van der Waals surface area contributed by atoms with Crippen LogP contribution in [0.4, 0.5) is 0 Å². The summed E-state index contributed by atoms with van der Waals surface area (Å²) in [5, 5.41) is 10.3. The second-order valence-corrected chi connectivity index (χ2v) is 9.69. The molecule has 0 aliphatic rings. The van der Waals surface area contributed by atoms with Gasteiger partial charge in [-0.25, -0.2) is 4.98 Å². The Kier molecular flexibility index (Phi) is 5.57. The number of aromatic nitrogens is 2. The van der Waals surface area contributed by atoms with Gasteiger partial charge in [-0.1, -0.05) is 86.6 Å². The zero-order valence-electron chi connectivity index (χ0n) is 20.7. The van der Waals surface area contributed by atoms with Gasteiger partial charge in [-0.15, -0.1) is 0 Å². The summed E-state index contributed by atoms with van der Waals surface area (Å²) >= 11 is 0. The molecule has 2 heterocycles. The number of rotatable bonds is 5. The lowest BCUT2D eigenvalue weighted by Crippen LogP contribution is -2.18. The molecule has 4 nitrogen and oxygen atoms in total. The molecule has 1 N–H and O–H groups in total. The number of fused-ring (bicyclic) bond motifs is 1. The van der Waals surface area contributed by atoms with Crippen LogP contribution in [0.1, 0.15) is 25.0 Å². The summed E-state index contributed by atoms with van der Waals surface area (Å²) in [4.78, 5) is 9.47. The first kappa shape index (κ1) is 22.7. The first-order valence-corrected chi connectivity index (χ1v) is 12.3. The Labute approximate surface area is 215 Å². The van der Waals surface area contributed by atoms with E-state index in [0.29, 0.717) is 17.0 Å². The zero-order chi connectivity index (χ0) is 25.4. The molecule has 4 heteroatoms. The number of hydrogen-bond acceptors (Lipinski definition) is 4. The van der Waals surface area contributed by atoms with Crippen LogP contribution in [0.5, 0.6) is 5.75 Å². The van der Waals surface area contributed by atoms with Gasteiger partial charge in [-0.2, -0.15) is 0 Å². The summed E-state index contributed by atoms with van der Waals surface area (Å²) in [6, 6.07) is 36.1. The Bertz CT molecular complexity index is 1720. The van der Waals surface area contributed by atoms with Crippen molar-refractivity contribution in [1.29, 1.82) is 0 Å². The van der Waals surface area contributed by atoms with Crippen LogP contribution in [0.25, 0.3) is 44.9 Å². The molecule has 0 aliphatic heterocycles. The van der Waals surface area contributed by atoms with Crippen molar-refractivity contribution in [2.75, 3.05) is 0 Å². The number of nitrogens with zero attached hydrogens (tertiary/aromatic N) is 2. The van der Waals surface area contributed by atoms with E-state index in [0.717, 1.165) is 27.9 Å². The Morgan fingerprint density at radius 2 is 1.41 bits per heavy atom. The SMILES string of the molecule is CC(C)(c1ccccc1)c1ccnc(-c2cccc(-c3cccc4oc(-c5ccccc5O)nc34)c2)c1. The molecular formula is C33H26N2O2. The second-order valence-electron chi connectivity index (χ2n) is 9.69. The molecule has 0 fully saturated rings. The molecule has 180 valence electrons. The molecule has 6 aromatic rings. The van der Waals surface area contributed by atoms with Gasteiger partial charge in [0.2, 0.25) is 5.89 Å². The van der Waals surface area contributed by atoms with Crippen molar-refractivity contribution in [3.63, 3.8) is 0 Å². The average Bonchev–Trinajstić information content (AvgIpc) is 3.38. The van der Waals surface area contributed by atoms with E-state index in [9.17, 15) is 5.11 Å². The number of oxazole rings is 1. The Morgan fingerprint density at radius 3 is 2.24 bits per heavy atom. The van der Waals surface area contributed by atoms with Crippen molar-refractivity contribution in [1.82, 2.24) is 9.97 Å². The van der Waals surface area contributed by atoms with E-state index in [2.05, 4.69) is 68.4 Å². The first-order chi connectivity index (χ1) is 18.0. The van der Waals surface area contributed by atoms with Crippen LogP contribution in [0.3, 0.4) is 0 Å². The molecule has 37 heavy (non-hydrogen) atoms. The van der Waals surface area contributed by atoms with Crippen LogP contribution in [-0.4, -0.2) is 15.1 Å². The van der Waals surface area contributed by atoms with Crippen LogP contribution < -0.4 is 0 Å². The number of hydrogen-bond donors (Lipinski definition) is 1. The Morgan fingerprint density at radius 1 is 0.676 bits per heavy atom. The lowest BCUT2D eigenvalue weighted by atomic mass is 9.78. The highest BCUT2D eigenvalue weighted by Gasteiger charge is 2.23. The third kappa shape index (κ3) is 4.17. The van der Waals surface area contributed by atoms with E-state index < -0.39 is 0 Å². The summed E-state index contributed by atoms with van der Waals surface area (Å²) in [6.45, 7) is 4.48. The lowest BCUT2D eigenvalue weighted by Gasteiger charge is -2.26. The maximum Gasteiger partial charge on any atom is 0.231 e. The van der Waals surface area contributed by atoms with Crippen molar-refractivity contribution in [2.45, 2.75) is 19.3 Å². The van der Waals surface area contributed by atoms with Crippen molar-refractivity contribution < 1.29 is 9.52 Å². The molecule has 0 atom stereocenters. The quantitative estimate of drug-likeness (QED) is 0.269. The number of pyridine rings is 1. The van der Waals surface area contributed by atoms with Crippen molar-refractivity contribution in [2.24, 2.45) is 0 Å². The fraction of sp³-hybridized carbons (Fsp3) is 0.0909. The van der Waals surface area contributed by atoms with Crippen LogP contribution in [0.15, 0.2) is 120 Å². The number of phenols is 1. The fourth-order valence-electron chi connectivity index (χ4n) is 4.80. The predicted molar refractivity (Wildman–Crippen MR) is 148 cm³/mol. The van der Waals surface area contributed by atoms with Crippen LogP contribution in [0.2, 0.25) is 0 Å². The van der Waals surface area contributed by atoms with E-state index in [-0.39, 0.29) is 11.2 Å². The van der Waals surface area contributed by atoms with Gasteiger partial charge < -0.3 is 9.52 Å². The molecular weight excluding hydrogens is 456 g/mol. The number of benzene rings is 4. The average molecular weight is 483 g/mol. The summed E-state index contributed by atoms with van der Waals surface area (Å²) in [5.41, 5.74) is 8.26. The highest BCUT2D eigenvalue weighted by atomic mass is 16.3. The molecule has 0 spiro atoms. The van der Waals surface area contributed by atoms with Crippen LogP contribution >= 0.6 is 0 Å². The molecule has 0 amide bonds. The standard InChI is InChI=1S/C33H26N2O2/c1-33(2,24-12-4-3-5-13-24)25-18-19-34-28(21-25)23-11-8-10-22(20-23)26-15-9-17-30-31(26)35-32(37-30)27-14-6-7-16-29(27)36/h3-21,36H,1-2H3. The topological polar surface area (TPSA) is 59.2 Å². The van der Waals surface area contributed by atoms with E-state index in [1.807, 2.05) is 42.6 Å². The monoisotopic (exact) mass is 482 g/mol. The fourth-order valence-corrected chi connectivity index (χ4v) is 4.80. The maximum atomic E-state index is 10.3. The van der Waals surface area contributed by atoms with Gasteiger partial charge in [-0.3, -0.25) is 4.98 Å². The summed E-state index contributed by atoms with van der Waals surface area (Å²) in [5.74, 6) is 0.538. The minimum Gasteiger partial charge on any atom is -0.507 e. The second kappa shape index (κ2) is 9.07. The number of aromatic hydroxyl groups is 1. The van der Waals surface area contributed by atoms with E-state index >= 15 is 0 Å². The molecule has 0 radical (unpaired) electrons. The summed E-state index contributed by atoms with van der Waals surface area (Å²) in [6.07, 6.45) is 1.89. The lowest BCUT2D eigenvalue weighted by molar-refractivity contribution is 0.474. The minimum atomic E-state index is -0.151. The molecule has 0 unspecified atom stereocenters. The normalized spacial score (nSPS) is 11.6. The maximum absolute atomic E-state index is 10.3. The molecule has 6 rings (SSSR count). The largest absolute Gasteiger partial charge is 0.507 e. The molecule has 4 aromatic carbocycles. The summed E-state index contributed by atoms with van der Waals surface area (Å²) < 4.78 is 6.02. The van der Waals surface area contributed by atoms with E-state index in [4.69, 9.17) is 14.4 Å². The van der Waals surface area contributed by atoms with Gasteiger partial charge in [0.25, 0.3) is 0 Å². The summed E-state index contributed by atoms with van der Waals surface area (Å²) in [7, 11) is 0. The van der Waals surface area contributed by atoms with Crippen LogP contribution in [0, 0.1) is 0 Å². The van der Waals surface area contributed by atoms with Gasteiger partial charge in [0.1, 0.15) is 11.3 Å². The highest BCUT2D eigenvalue weighted by molar-refractivity contribution is 5.93. The molecule has 0 saturated carbocycles. The van der Waals surface area contributed by atoms with Crippen molar-refractivity contribution >= 4 is 11.1 Å². The molecule has 2 aromatic heterocycles. The van der Waals surface area contributed by atoms with Crippen molar-refractivity contribution in [3.05, 3.63) is 127 Å². The van der Waals surface area contributed by atoms with Gasteiger partial charge in [-0.05, 0) is 53.1 Å². The molecule has 0 bridgehead atoms. The number of para-hydroxylation sites is 2. The van der Waals surface area contributed by atoms with Crippen LogP contribution in [-0.2, 0) is 5.41 Å². The molecule has 0 saturated heterocycles. The van der Waals surface area contributed by atoms with Gasteiger partial charge in [0, 0.05) is 22.7 Å². The van der Waals surface area contributed by atoms with E-state index in [1.54, 1.807) is 18.2 Å². The van der Waals surface area contributed by atoms with Gasteiger partial charge in [0.15, 0.2) is 5.58 Å². The predicted octanol–water partition coefficient (Wildman–Crippen LogP) is 8.26. The highest BCUT2D eigenvalue weighted by Crippen LogP contribution is 2.37. The minimum absolute atomic E-state index is 0.141. The van der Waals surface area contributed by atoms with Gasteiger partial charge >= 0.3 is 0 Å². The van der Waals surface area contributed by atoms with Gasteiger partial charge in [0.05, 0.1) is 11.3 Å². The number of phenolic OH excluding ortho intramolecular Hbond substituents is 1. The molecule has 0 aliphatic carbocycles. The zero-order valence-corrected chi connectivity index (χ0v) is 20.7. The Balaban J connectivity index is 1.41. The Hall–Kier alpha value is -4.70. The van der Waals surface area contributed by atoms with Crippen molar-refractivity contribution in [3.8, 4) is 39.6 Å².